The monoisotopic (exact) mass is 453 g/mol. The van der Waals surface area contributed by atoms with Gasteiger partial charge in [-0.05, 0) is 20.3 Å². The van der Waals surface area contributed by atoms with Crippen molar-refractivity contribution >= 4 is 24.0 Å². The Labute approximate surface area is 136 Å². The van der Waals surface area contributed by atoms with Crippen LogP contribution in [0.25, 0.3) is 10.8 Å². The first kappa shape index (κ1) is 20.0. The first-order chi connectivity index (χ1) is 6.59. The smallest absolute Gasteiger partial charge is 0 e. The Kier molecular flexibility index (Phi) is 9.42. The summed E-state index contributed by atoms with van der Waals surface area (Å²) in [5.74, 6) is 0. The van der Waals surface area contributed by atoms with E-state index in [1.54, 1.807) is 0 Å². The maximum Gasteiger partial charge on any atom is 0 e. The van der Waals surface area contributed by atoms with Crippen molar-refractivity contribution in [1.82, 2.24) is 0 Å². The topological polar surface area (TPSA) is 0 Å². The van der Waals surface area contributed by atoms with Crippen LogP contribution < -0.4 is 30.1 Å². The number of fused-ring (bicyclic) bond motifs is 1. The van der Waals surface area contributed by atoms with E-state index in [4.69, 9.17) is 0 Å². The maximum absolute atomic E-state index is 2.36. The van der Waals surface area contributed by atoms with Crippen LogP contribution in [0.15, 0.2) is 24.3 Å². The minimum atomic E-state index is 0. The van der Waals surface area contributed by atoms with Gasteiger partial charge < -0.3 is 24.8 Å². The molecule has 2 aromatic carbocycles. The fraction of sp³-hybridized carbons (Fsp3) is 0.308. The van der Waals surface area contributed by atoms with Crippen LogP contribution in [0.5, 0.6) is 0 Å². The fourth-order valence-electron chi connectivity index (χ4n) is 1.83. The number of aryl methyl sites for hydroxylation is 2. The van der Waals surface area contributed by atoms with Gasteiger partial charge in [0.2, 0.25) is 0 Å². The van der Waals surface area contributed by atoms with Gasteiger partial charge in [0.1, 0.15) is 0 Å². The molecule has 0 atom stereocenters. The standard InChI is InChI=1S/C13H16P.2ClH.Hf/c1-9-5-6-10(2)13-8-11(14(3)4)7-12(9)13;;;/h5-8H,1-4H3;2*1H;/q-1;;;/p-2. The van der Waals surface area contributed by atoms with Crippen molar-refractivity contribution in [3.05, 3.63) is 35.4 Å². The van der Waals surface area contributed by atoms with Crippen LogP contribution in [-0.2, 0) is 25.8 Å². The van der Waals surface area contributed by atoms with Gasteiger partial charge in [-0.2, -0.15) is 6.07 Å². The number of rotatable bonds is 1. The molecule has 0 N–H and O–H groups in total. The predicted molar refractivity (Wildman–Crippen MR) is 67.4 cm³/mol. The van der Waals surface area contributed by atoms with Crippen LogP contribution in [0.3, 0.4) is 0 Å². The van der Waals surface area contributed by atoms with E-state index in [1.807, 2.05) is 0 Å². The third kappa shape index (κ3) is 4.10. The van der Waals surface area contributed by atoms with Crippen molar-refractivity contribution < 1.29 is 50.7 Å². The maximum atomic E-state index is 2.36. The van der Waals surface area contributed by atoms with Gasteiger partial charge in [-0.3, -0.25) is 0 Å². The fourth-order valence-corrected chi connectivity index (χ4v) is 2.61. The van der Waals surface area contributed by atoms with Gasteiger partial charge in [0.25, 0.3) is 0 Å². The van der Waals surface area contributed by atoms with E-state index in [-0.39, 0.29) is 58.6 Å². The Morgan fingerprint density at radius 3 is 2.00 bits per heavy atom. The van der Waals surface area contributed by atoms with Gasteiger partial charge in [-0.15, -0.1) is 41.7 Å². The van der Waals surface area contributed by atoms with Crippen molar-refractivity contribution in [3.8, 4) is 0 Å². The largest absolute Gasteiger partial charge is 1.00 e. The first-order valence-corrected chi connectivity index (χ1v) is 7.17. The Morgan fingerprint density at radius 2 is 1.53 bits per heavy atom. The zero-order valence-electron chi connectivity index (χ0n) is 10.5. The molecule has 2 aromatic rings. The summed E-state index contributed by atoms with van der Waals surface area (Å²) in [4.78, 5) is 0. The molecule has 0 amide bonds. The molecule has 4 heteroatoms. The molecule has 0 radical (unpaired) electrons. The van der Waals surface area contributed by atoms with E-state index in [0.29, 0.717) is 0 Å². The van der Waals surface area contributed by atoms with Crippen LogP contribution in [0.4, 0.5) is 0 Å². The Balaban J connectivity index is 0. The quantitative estimate of drug-likeness (QED) is 0.256. The van der Waals surface area contributed by atoms with Crippen LogP contribution in [0.2, 0.25) is 0 Å². The average Bonchev–Trinajstić information content (AvgIpc) is 2.57. The van der Waals surface area contributed by atoms with Gasteiger partial charge in [-0.1, -0.05) is 18.6 Å². The molecular weight excluding hydrogens is 437 g/mol. The van der Waals surface area contributed by atoms with Crippen molar-refractivity contribution in [2.24, 2.45) is 0 Å². The second-order valence-electron chi connectivity index (χ2n) is 4.13. The van der Waals surface area contributed by atoms with E-state index < -0.39 is 0 Å². The molecule has 94 valence electrons. The van der Waals surface area contributed by atoms with Crippen LogP contribution in [0, 0.1) is 13.8 Å². The molecule has 0 nitrogen and oxygen atoms in total. The third-order valence-corrected chi connectivity index (χ3v) is 4.12. The van der Waals surface area contributed by atoms with Crippen LogP contribution in [-0.4, -0.2) is 13.3 Å². The summed E-state index contributed by atoms with van der Waals surface area (Å²) in [7, 11) is 0.0328. The molecule has 0 aromatic heterocycles. The Hall–Kier alpha value is 0.710. The summed E-state index contributed by atoms with van der Waals surface area (Å²) < 4.78 is 0. The van der Waals surface area contributed by atoms with Crippen molar-refractivity contribution in [3.63, 3.8) is 0 Å². The molecule has 0 bridgehead atoms. The summed E-state index contributed by atoms with van der Waals surface area (Å²) in [6.07, 6.45) is 0. The molecule has 0 aliphatic heterocycles. The van der Waals surface area contributed by atoms with Gasteiger partial charge in [0.05, 0.1) is 0 Å². The molecule has 0 aliphatic rings. The van der Waals surface area contributed by atoms with Gasteiger partial charge in [0.15, 0.2) is 0 Å². The molecule has 0 saturated heterocycles. The normalized spacial score (nSPS) is 9.47. The van der Waals surface area contributed by atoms with E-state index in [0.717, 1.165) is 0 Å². The van der Waals surface area contributed by atoms with Crippen molar-refractivity contribution in [2.75, 3.05) is 13.3 Å². The molecular formula is C13H16Cl2HfP-3. The van der Waals surface area contributed by atoms with Gasteiger partial charge in [-0.25, -0.2) is 0 Å². The van der Waals surface area contributed by atoms with E-state index >= 15 is 0 Å². The molecule has 0 heterocycles. The number of benzene rings is 1. The summed E-state index contributed by atoms with van der Waals surface area (Å²) in [6.45, 7) is 9.01. The zero-order chi connectivity index (χ0) is 10.3. The van der Waals surface area contributed by atoms with Crippen LogP contribution in [0.1, 0.15) is 11.1 Å². The van der Waals surface area contributed by atoms with E-state index in [1.165, 1.54) is 27.2 Å². The second-order valence-corrected chi connectivity index (χ2v) is 6.44. The minimum absolute atomic E-state index is 0. The SMILES string of the molecule is Cc1ccc(C)c2[cH-]c(P(C)C)cc12.[Cl-].[Cl-].[Hf]. The summed E-state index contributed by atoms with van der Waals surface area (Å²) in [5, 5.41) is 4.40. The molecule has 2 rings (SSSR count). The van der Waals surface area contributed by atoms with Gasteiger partial charge >= 0.3 is 0 Å². The molecule has 0 saturated carbocycles. The number of halogens is 2. The minimum Gasteiger partial charge on any atom is -1.00 e. The van der Waals surface area contributed by atoms with E-state index in [9.17, 15) is 0 Å². The van der Waals surface area contributed by atoms with Crippen LogP contribution >= 0.6 is 7.92 Å². The molecule has 0 aliphatic carbocycles. The third-order valence-electron chi connectivity index (χ3n) is 2.82. The van der Waals surface area contributed by atoms with E-state index in [2.05, 4.69) is 51.4 Å². The Morgan fingerprint density at radius 1 is 1.00 bits per heavy atom. The summed E-state index contributed by atoms with van der Waals surface area (Å²) in [5.41, 5.74) is 2.79. The number of hydrogen-bond donors (Lipinski definition) is 0. The molecule has 0 fully saturated rings. The van der Waals surface area contributed by atoms with Crippen molar-refractivity contribution in [1.29, 1.82) is 0 Å². The second kappa shape index (κ2) is 8.00. The summed E-state index contributed by atoms with van der Waals surface area (Å²) >= 11 is 0. The number of hydrogen-bond acceptors (Lipinski definition) is 0. The summed E-state index contributed by atoms with van der Waals surface area (Å²) in [6, 6.07) is 9.16. The zero-order valence-corrected chi connectivity index (χ0v) is 16.5. The Bertz CT molecular complexity index is 438. The van der Waals surface area contributed by atoms with Crippen molar-refractivity contribution in [2.45, 2.75) is 13.8 Å². The van der Waals surface area contributed by atoms with Gasteiger partial charge in [0, 0.05) is 25.8 Å². The predicted octanol–water partition coefficient (Wildman–Crippen LogP) is -2.45. The molecule has 0 spiro atoms. The first-order valence-electron chi connectivity index (χ1n) is 4.93. The molecule has 17 heavy (non-hydrogen) atoms. The average molecular weight is 453 g/mol. The molecule has 0 unspecified atom stereocenters.